The van der Waals surface area contributed by atoms with Crippen molar-refractivity contribution in [3.05, 3.63) is 33.0 Å². The molecule has 6 heteroatoms. The number of benzene rings is 1. The Balaban J connectivity index is 2.48. The lowest BCUT2D eigenvalue weighted by Gasteiger charge is -1.98. The monoisotopic (exact) mass is 206 g/mol. The van der Waals surface area contributed by atoms with Crippen molar-refractivity contribution in [1.29, 1.82) is 0 Å². The van der Waals surface area contributed by atoms with Crippen LogP contribution in [0.2, 0.25) is 0 Å². The van der Waals surface area contributed by atoms with Crippen LogP contribution >= 0.6 is 0 Å². The van der Waals surface area contributed by atoms with Crippen LogP contribution in [0, 0.1) is 0 Å². The Kier molecular flexibility index (Phi) is 1.42. The van der Waals surface area contributed by atoms with Crippen LogP contribution < -0.4 is 20.7 Å². The fourth-order valence-electron chi connectivity index (χ4n) is 1.56. The maximum atomic E-state index is 11.4. The number of aromatic nitrogens is 2. The summed E-state index contributed by atoms with van der Waals surface area (Å²) in [7, 11) is 0. The molecule has 1 aliphatic heterocycles. The molecule has 0 radical (unpaired) electrons. The number of fused-ring (bicyclic) bond motifs is 2. The number of aromatic amines is 2. The molecule has 0 unspecified atom stereocenters. The van der Waals surface area contributed by atoms with E-state index >= 15 is 0 Å². The highest BCUT2D eigenvalue weighted by atomic mass is 16.7. The zero-order chi connectivity index (χ0) is 10.4. The van der Waals surface area contributed by atoms with Gasteiger partial charge in [0.2, 0.25) is 6.79 Å². The van der Waals surface area contributed by atoms with Crippen molar-refractivity contribution < 1.29 is 9.47 Å². The van der Waals surface area contributed by atoms with E-state index < -0.39 is 11.2 Å². The Morgan fingerprint density at radius 3 is 2.60 bits per heavy atom. The van der Waals surface area contributed by atoms with E-state index in [0.717, 1.165) is 0 Å². The second kappa shape index (κ2) is 2.63. The van der Waals surface area contributed by atoms with Gasteiger partial charge < -0.3 is 14.5 Å². The molecule has 0 saturated heterocycles. The number of ether oxygens (including phenoxy) is 2. The fraction of sp³-hybridized carbons (Fsp3) is 0.111. The molecule has 2 N–H and O–H groups in total. The van der Waals surface area contributed by atoms with Gasteiger partial charge in [0.1, 0.15) is 0 Å². The van der Waals surface area contributed by atoms with Crippen molar-refractivity contribution in [1.82, 2.24) is 9.97 Å². The second-order valence-electron chi connectivity index (χ2n) is 3.16. The molecule has 1 aromatic carbocycles. The number of H-pyrrole nitrogens is 2. The molecule has 15 heavy (non-hydrogen) atoms. The minimum atomic E-state index is -0.536. The molecule has 0 fully saturated rings. The van der Waals surface area contributed by atoms with E-state index in [0.29, 0.717) is 22.4 Å². The highest BCUT2D eigenvalue weighted by Gasteiger charge is 2.15. The smallest absolute Gasteiger partial charge is 0.326 e. The van der Waals surface area contributed by atoms with Gasteiger partial charge in [0, 0.05) is 6.07 Å². The Bertz CT molecular complexity index is 655. The van der Waals surface area contributed by atoms with Gasteiger partial charge in [-0.1, -0.05) is 0 Å². The number of hydrogen-bond acceptors (Lipinski definition) is 4. The molecule has 0 aliphatic carbocycles. The largest absolute Gasteiger partial charge is 0.454 e. The van der Waals surface area contributed by atoms with E-state index in [1.807, 2.05) is 0 Å². The van der Waals surface area contributed by atoms with E-state index in [4.69, 9.17) is 9.47 Å². The van der Waals surface area contributed by atoms with E-state index in [1.165, 1.54) is 0 Å². The highest BCUT2D eigenvalue weighted by Crippen LogP contribution is 2.33. The van der Waals surface area contributed by atoms with Crippen molar-refractivity contribution in [2.45, 2.75) is 0 Å². The minimum absolute atomic E-state index is 0.133. The molecule has 76 valence electrons. The van der Waals surface area contributed by atoms with Crippen molar-refractivity contribution in [2.24, 2.45) is 0 Å². The van der Waals surface area contributed by atoms with E-state index in [2.05, 4.69) is 9.97 Å². The molecule has 6 nitrogen and oxygen atoms in total. The summed E-state index contributed by atoms with van der Waals surface area (Å²) in [6.45, 7) is 0.133. The molecule has 0 spiro atoms. The van der Waals surface area contributed by atoms with Crippen molar-refractivity contribution in [3.63, 3.8) is 0 Å². The summed E-state index contributed by atoms with van der Waals surface area (Å²) >= 11 is 0. The Morgan fingerprint density at radius 1 is 1.07 bits per heavy atom. The van der Waals surface area contributed by atoms with Crippen molar-refractivity contribution in [3.8, 4) is 11.5 Å². The van der Waals surface area contributed by atoms with Crippen molar-refractivity contribution in [2.75, 3.05) is 6.79 Å². The molecule has 0 atom stereocenters. The van der Waals surface area contributed by atoms with Gasteiger partial charge in [-0.25, -0.2) is 4.79 Å². The summed E-state index contributed by atoms with van der Waals surface area (Å²) in [4.78, 5) is 27.1. The van der Waals surface area contributed by atoms with Gasteiger partial charge in [-0.2, -0.15) is 0 Å². The lowest BCUT2D eigenvalue weighted by atomic mass is 10.2. The summed E-state index contributed by atoms with van der Waals surface area (Å²) in [5, 5.41) is 0.374. The first kappa shape index (κ1) is 8.10. The van der Waals surface area contributed by atoms with Crippen LogP contribution in [0.1, 0.15) is 0 Å². The van der Waals surface area contributed by atoms with Gasteiger partial charge >= 0.3 is 5.69 Å². The summed E-state index contributed by atoms with van der Waals surface area (Å²) in [5.74, 6) is 1.05. The first-order valence-corrected chi connectivity index (χ1v) is 4.30. The molecule has 2 heterocycles. The third kappa shape index (κ3) is 1.11. The van der Waals surface area contributed by atoms with Crippen LogP contribution in [-0.2, 0) is 0 Å². The van der Waals surface area contributed by atoms with Gasteiger partial charge in [-0.3, -0.25) is 9.78 Å². The molecular weight excluding hydrogens is 200 g/mol. The summed E-state index contributed by atoms with van der Waals surface area (Å²) in [6, 6.07) is 3.13. The van der Waals surface area contributed by atoms with Gasteiger partial charge in [-0.05, 0) is 6.07 Å². The number of nitrogens with one attached hydrogen (secondary N) is 2. The number of rotatable bonds is 0. The Labute approximate surface area is 82.5 Å². The number of hydrogen-bond donors (Lipinski definition) is 2. The maximum absolute atomic E-state index is 11.4. The molecule has 0 bridgehead atoms. The molecule has 2 aromatic rings. The molecular formula is C9H6N2O4. The zero-order valence-electron chi connectivity index (χ0n) is 7.49. The van der Waals surface area contributed by atoms with Crippen molar-refractivity contribution >= 4 is 10.9 Å². The van der Waals surface area contributed by atoms with E-state index in [-0.39, 0.29) is 6.79 Å². The fourth-order valence-corrected chi connectivity index (χ4v) is 1.56. The van der Waals surface area contributed by atoms with Crippen LogP contribution in [-0.4, -0.2) is 16.8 Å². The maximum Gasteiger partial charge on any atom is 0.326 e. The lowest BCUT2D eigenvalue weighted by molar-refractivity contribution is 0.174. The van der Waals surface area contributed by atoms with Gasteiger partial charge in [0.25, 0.3) is 5.56 Å². The van der Waals surface area contributed by atoms with Gasteiger partial charge in [0.15, 0.2) is 11.5 Å². The van der Waals surface area contributed by atoms with E-state index in [9.17, 15) is 9.59 Å². The van der Waals surface area contributed by atoms with Crippen LogP contribution in [0.4, 0.5) is 0 Å². The van der Waals surface area contributed by atoms with Gasteiger partial charge in [0.05, 0.1) is 10.9 Å². The summed E-state index contributed by atoms with van der Waals surface area (Å²) in [6.07, 6.45) is 0. The first-order valence-electron chi connectivity index (χ1n) is 4.30. The van der Waals surface area contributed by atoms with Gasteiger partial charge in [-0.15, -0.1) is 0 Å². The SMILES string of the molecule is O=c1[nH]c(=O)c2cc3c(cc2[nH]1)OCO3. The third-order valence-corrected chi connectivity index (χ3v) is 2.23. The molecule has 3 rings (SSSR count). The first-order chi connectivity index (χ1) is 7.24. The molecule has 0 saturated carbocycles. The topological polar surface area (TPSA) is 84.2 Å². The molecule has 1 aliphatic rings. The van der Waals surface area contributed by atoms with E-state index in [1.54, 1.807) is 12.1 Å². The standard InChI is InChI=1S/C9H6N2O4/c12-8-4-1-6-7(15-3-14-6)2-5(4)10-9(13)11-8/h1-2H,3H2,(H2,10,11,12,13). The van der Waals surface area contributed by atoms with Crippen LogP contribution in [0.3, 0.4) is 0 Å². The second-order valence-corrected chi connectivity index (χ2v) is 3.16. The third-order valence-electron chi connectivity index (χ3n) is 2.23. The average Bonchev–Trinajstić information content (AvgIpc) is 2.61. The summed E-state index contributed by atoms with van der Waals surface area (Å²) < 4.78 is 10.3. The van der Waals surface area contributed by atoms with Crippen LogP contribution in [0.15, 0.2) is 21.7 Å². The summed E-state index contributed by atoms with van der Waals surface area (Å²) in [5.41, 5.74) is -0.536. The highest BCUT2D eigenvalue weighted by molar-refractivity contribution is 5.81. The normalized spacial score (nSPS) is 13.3. The quantitative estimate of drug-likeness (QED) is 0.632. The lowest BCUT2D eigenvalue weighted by Crippen LogP contribution is -2.21. The van der Waals surface area contributed by atoms with Crippen LogP contribution in [0.25, 0.3) is 10.9 Å². The van der Waals surface area contributed by atoms with Crippen LogP contribution in [0.5, 0.6) is 11.5 Å². The molecule has 0 amide bonds. The predicted molar refractivity (Wildman–Crippen MR) is 51.3 cm³/mol. The molecule has 1 aromatic heterocycles. The average molecular weight is 206 g/mol. The Morgan fingerprint density at radius 2 is 1.80 bits per heavy atom. The zero-order valence-corrected chi connectivity index (χ0v) is 7.49. The minimum Gasteiger partial charge on any atom is -0.454 e. The Hall–Kier alpha value is -2.24. The predicted octanol–water partition coefficient (Wildman–Crippen LogP) is -0.0549.